The molecule has 0 radical (unpaired) electrons. The average molecular weight is 492 g/mol. The van der Waals surface area contributed by atoms with Crippen molar-refractivity contribution >= 4 is 34.3 Å². The number of hydrogen-bond acceptors (Lipinski definition) is 7. The van der Waals surface area contributed by atoms with Gasteiger partial charge in [-0.1, -0.05) is 43.0 Å². The smallest absolute Gasteiger partial charge is 0.263 e. The van der Waals surface area contributed by atoms with E-state index in [-0.39, 0.29) is 23.3 Å². The van der Waals surface area contributed by atoms with E-state index in [1.165, 1.54) is 16.3 Å². The van der Waals surface area contributed by atoms with E-state index in [9.17, 15) is 9.59 Å². The number of hydrogen-bond donors (Lipinski definition) is 1. The molecule has 1 aliphatic heterocycles. The highest BCUT2D eigenvalue weighted by Gasteiger charge is 2.20. The molecule has 4 aromatic rings. The molecule has 0 saturated heterocycles. The predicted molar refractivity (Wildman–Crippen MR) is 134 cm³/mol. The SMILES string of the molecule is C=CCn1c(=O)c2ccccc2n2c(SCC(=O)NC(CC)c3ccc4c(c3)OCCO4)nnc12. The second-order valence-corrected chi connectivity index (χ2v) is 9.00. The van der Waals surface area contributed by atoms with E-state index >= 15 is 0 Å². The number of ether oxygens (including phenoxy) is 2. The molecule has 1 unspecified atom stereocenters. The highest BCUT2D eigenvalue weighted by Crippen LogP contribution is 2.33. The Kier molecular flexibility index (Phi) is 6.45. The number of amides is 1. The van der Waals surface area contributed by atoms with Crippen LogP contribution in [0.15, 0.2) is 65.1 Å². The fourth-order valence-corrected chi connectivity index (χ4v) is 4.94. The third-order valence-corrected chi connectivity index (χ3v) is 6.76. The lowest BCUT2D eigenvalue weighted by molar-refractivity contribution is -0.119. The van der Waals surface area contributed by atoms with Crippen LogP contribution in [-0.2, 0) is 11.3 Å². The summed E-state index contributed by atoms with van der Waals surface area (Å²) in [7, 11) is 0. The molecule has 10 heteroatoms. The van der Waals surface area contributed by atoms with Gasteiger partial charge in [0.1, 0.15) is 13.2 Å². The molecule has 5 rings (SSSR count). The van der Waals surface area contributed by atoms with Crippen LogP contribution in [0.4, 0.5) is 0 Å². The van der Waals surface area contributed by atoms with Crippen molar-refractivity contribution in [2.75, 3.05) is 19.0 Å². The highest BCUT2D eigenvalue weighted by molar-refractivity contribution is 7.99. The zero-order chi connectivity index (χ0) is 24.4. The standard InChI is InChI=1S/C25H25N5O4S/c1-3-11-29-23(32)17-7-5-6-8-19(17)30-24(29)27-28-25(30)35-15-22(31)26-18(4-2)16-9-10-20-21(14-16)34-13-12-33-20/h3,5-10,14,18H,1,4,11-13,15H2,2H3,(H,26,31). The summed E-state index contributed by atoms with van der Waals surface area (Å²) >= 11 is 1.27. The molecule has 3 heterocycles. The number of nitrogens with zero attached hydrogens (tertiary/aromatic N) is 4. The molecule has 2 aromatic heterocycles. The number of nitrogens with one attached hydrogen (secondary N) is 1. The molecule has 0 aliphatic carbocycles. The van der Waals surface area contributed by atoms with Crippen LogP contribution >= 0.6 is 11.8 Å². The Bertz CT molecular complexity index is 1480. The van der Waals surface area contributed by atoms with E-state index in [1.54, 1.807) is 12.1 Å². The maximum Gasteiger partial charge on any atom is 0.263 e. The summed E-state index contributed by atoms with van der Waals surface area (Å²) < 4.78 is 14.6. The molecule has 35 heavy (non-hydrogen) atoms. The van der Waals surface area contributed by atoms with Gasteiger partial charge in [0.05, 0.1) is 22.7 Å². The van der Waals surface area contributed by atoms with Crippen molar-refractivity contribution in [1.29, 1.82) is 0 Å². The number of benzene rings is 2. The highest BCUT2D eigenvalue weighted by atomic mass is 32.2. The van der Waals surface area contributed by atoms with Gasteiger partial charge >= 0.3 is 0 Å². The van der Waals surface area contributed by atoms with Crippen molar-refractivity contribution in [2.24, 2.45) is 0 Å². The van der Waals surface area contributed by atoms with Gasteiger partial charge in [0, 0.05) is 6.54 Å². The predicted octanol–water partition coefficient (Wildman–Crippen LogP) is 3.36. The molecule has 1 N–H and O–H groups in total. The third-order valence-electron chi connectivity index (χ3n) is 5.83. The molecule has 2 aromatic carbocycles. The molecule has 9 nitrogen and oxygen atoms in total. The number of fused-ring (bicyclic) bond motifs is 4. The van der Waals surface area contributed by atoms with Gasteiger partial charge in [-0.05, 0) is 36.2 Å². The van der Waals surface area contributed by atoms with Crippen LogP contribution in [-0.4, -0.2) is 44.0 Å². The summed E-state index contributed by atoms with van der Waals surface area (Å²) in [6.45, 7) is 7.12. The van der Waals surface area contributed by atoms with Crippen LogP contribution in [0, 0.1) is 0 Å². The molecule has 0 fully saturated rings. The van der Waals surface area contributed by atoms with E-state index in [0.717, 1.165) is 17.7 Å². The van der Waals surface area contributed by atoms with Crippen LogP contribution < -0.4 is 20.3 Å². The van der Waals surface area contributed by atoms with Crippen molar-refractivity contribution in [2.45, 2.75) is 31.1 Å². The number of aromatic nitrogens is 4. The lowest BCUT2D eigenvalue weighted by Gasteiger charge is -2.22. The lowest BCUT2D eigenvalue weighted by Crippen LogP contribution is -2.30. The van der Waals surface area contributed by atoms with Crippen LogP contribution in [0.2, 0.25) is 0 Å². The van der Waals surface area contributed by atoms with Crippen molar-refractivity contribution < 1.29 is 14.3 Å². The number of carbonyl (C=O) groups excluding carboxylic acids is 1. The zero-order valence-electron chi connectivity index (χ0n) is 19.3. The maximum absolute atomic E-state index is 12.9. The Labute approximate surface area is 205 Å². The van der Waals surface area contributed by atoms with Crippen LogP contribution in [0.5, 0.6) is 11.5 Å². The Morgan fingerprint density at radius 1 is 1.20 bits per heavy atom. The summed E-state index contributed by atoms with van der Waals surface area (Å²) in [5, 5.41) is 12.7. The van der Waals surface area contributed by atoms with Crippen molar-refractivity contribution in [1.82, 2.24) is 24.5 Å². The number of para-hydroxylation sites is 1. The van der Waals surface area contributed by atoms with Crippen molar-refractivity contribution in [3.63, 3.8) is 0 Å². The number of rotatable bonds is 8. The monoisotopic (exact) mass is 491 g/mol. The fourth-order valence-electron chi connectivity index (χ4n) is 4.18. The second kappa shape index (κ2) is 9.83. The molecule has 0 saturated carbocycles. The minimum Gasteiger partial charge on any atom is -0.486 e. The quantitative estimate of drug-likeness (QED) is 0.298. The Morgan fingerprint density at radius 2 is 2.00 bits per heavy atom. The van der Waals surface area contributed by atoms with Crippen LogP contribution in [0.25, 0.3) is 16.7 Å². The number of allylic oxidation sites excluding steroid dienone is 1. The molecular weight excluding hydrogens is 466 g/mol. The summed E-state index contributed by atoms with van der Waals surface area (Å²) in [4.78, 5) is 25.8. The van der Waals surface area contributed by atoms with E-state index in [1.807, 2.05) is 47.7 Å². The van der Waals surface area contributed by atoms with Crippen molar-refractivity contribution in [3.8, 4) is 11.5 Å². The van der Waals surface area contributed by atoms with Gasteiger partial charge < -0.3 is 14.8 Å². The van der Waals surface area contributed by atoms with Gasteiger partial charge in [-0.2, -0.15) is 0 Å². The molecular formula is C25H25N5O4S. The van der Waals surface area contributed by atoms with E-state index in [0.29, 0.717) is 47.3 Å². The minimum atomic E-state index is -0.160. The molecule has 1 aliphatic rings. The number of thioether (sulfide) groups is 1. The largest absolute Gasteiger partial charge is 0.486 e. The third kappa shape index (κ3) is 4.37. The average Bonchev–Trinajstić information content (AvgIpc) is 3.32. The van der Waals surface area contributed by atoms with Gasteiger partial charge in [-0.3, -0.25) is 18.6 Å². The molecule has 0 spiro atoms. The van der Waals surface area contributed by atoms with E-state index < -0.39 is 0 Å². The Morgan fingerprint density at radius 3 is 2.80 bits per heavy atom. The molecule has 0 bridgehead atoms. The van der Waals surface area contributed by atoms with E-state index in [4.69, 9.17) is 9.47 Å². The second-order valence-electron chi connectivity index (χ2n) is 8.06. The lowest BCUT2D eigenvalue weighted by atomic mass is 10.0. The van der Waals surface area contributed by atoms with Crippen LogP contribution in [0.1, 0.15) is 24.9 Å². The van der Waals surface area contributed by atoms with Gasteiger partial charge in [0.25, 0.3) is 5.56 Å². The maximum atomic E-state index is 12.9. The molecule has 180 valence electrons. The number of carbonyl (C=O) groups is 1. The molecule has 1 atom stereocenters. The van der Waals surface area contributed by atoms with Crippen LogP contribution in [0.3, 0.4) is 0 Å². The summed E-state index contributed by atoms with van der Waals surface area (Å²) in [6.07, 6.45) is 2.37. The van der Waals surface area contributed by atoms with Gasteiger partial charge in [-0.15, -0.1) is 16.8 Å². The first kappa shape index (κ1) is 23.0. The van der Waals surface area contributed by atoms with E-state index in [2.05, 4.69) is 22.1 Å². The molecule has 1 amide bonds. The first-order chi connectivity index (χ1) is 17.1. The Hall–Kier alpha value is -3.79. The van der Waals surface area contributed by atoms with Gasteiger partial charge in [-0.25, -0.2) is 0 Å². The summed E-state index contributed by atoms with van der Waals surface area (Å²) in [5.74, 6) is 1.86. The topological polar surface area (TPSA) is 99.8 Å². The zero-order valence-corrected chi connectivity index (χ0v) is 20.1. The first-order valence-corrected chi connectivity index (χ1v) is 12.4. The minimum absolute atomic E-state index is 0.128. The summed E-state index contributed by atoms with van der Waals surface area (Å²) in [5.41, 5.74) is 1.51. The normalized spacial score (nSPS) is 13.6. The first-order valence-electron chi connectivity index (χ1n) is 11.4. The summed E-state index contributed by atoms with van der Waals surface area (Å²) in [6, 6.07) is 12.9. The Balaban J connectivity index is 1.37. The van der Waals surface area contributed by atoms with Crippen molar-refractivity contribution in [3.05, 3.63) is 71.0 Å². The fraction of sp³-hybridized carbons (Fsp3) is 0.280. The van der Waals surface area contributed by atoms with Gasteiger partial charge in [0.2, 0.25) is 11.7 Å². The van der Waals surface area contributed by atoms with Gasteiger partial charge in [0.15, 0.2) is 16.7 Å².